The van der Waals surface area contributed by atoms with E-state index in [-0.39, 0.29) is 68.4 Å². The first-order valence-electron chi connectivity index (χ1n) is 22.7. The number of ketones is 1. The minimum Gasteiger partial charge on any atom is -0.457 e. The largest absolute Gasteiger partial charge is 0.457 e. The van der Waals surface area contributed by atoms with Crippen LogP contribution in [0.2, 0.25) is 10.0 Å². The maximum absolute atomic E-state index is 14.9. The number of Topliss-reactive ketones (excluding diaryl/α,β-unsaturated/α-hetero) is 1. The Morgan fingerprint density at radius 2 is 1.42 bits per heavy atom. The van der Waals surface area contributed by atoms with E-state index < -0.39 is 23.9 Å². The summed E-state index contributed by atoms with van der Waals surface area (Å²) in [6.07, 6.45) is 4.74. The van der Waals surface area contributed by atoms with Crippen LogP contribution < -0.4 is 4.74 Å². The summed E-state index contributed by atoms with van der Waals surface area (Å²) in [5.74, 6) is -0.869. The molecular weight excluding hydrogens is 911 g/mol. The van der Waals surface area contributed by atoms with Gasteiger partial charge in [0.05, 0.1) is 55.5 Å². The third-order valence-electron chi connectivity index (χ3n) is 13.1. The molecule has 2 saturated heterocycles. The number of methoxy groups -OCH3 is 1. The van der Waals surface area contributed by atoms with Gasteiger partial charge in [-0.2, -0.15) is 0 Å². The summed E-state index contributed by atoms with van der Waals surface area (Å²) in [4.78, 5) is 70.4. The van der Waals surface area contributed by atoms with Gasteiger partial charge in [0.15, 0.2) is 5.78 Å². The summed E-state index contributed by atoms with van der Waals surface area (Å²) in [5, 5.41) is 1.02. The number of hydrogen-bond donors (Lipinski definition) is 0. The van der Waals surface area contributed by atoms with Gasteiger partial charge in [-0.25, -0.2) is 4.98 Å². The number of carbonyl (C=O) groups excluding carboxylic acids is 4. The maximum Gasteiger partial charge on any atom is 0.228 e. The molecule has 2 fully saturated rings. The molecule has 7 rings (SSSR count). The van der Waals surface area contributed by atoms with E-state index in [1.165, 1.54) is 24.9 Å². The Hall–Kier alpha value is -5.24. The second-order valence-corrected chi connectivity index (χ2v) is 18.6. The number of aromatic nitrogens is 2. The molecule has 2 aliphatic rings. The standard InChI is InChI=1S/C52H60Cl2N6O6.ClH/c1-35-47(61)27-41(34-65-5)52(64)57(3)44(26-37-13-18-42(53)19-14-37)32-56(2)51(63)40(25-36-11-7-6-8-12-36)28-50(62)60(35)31-39-15-20-43(54)29-48(39)66-45-21-16-38(17-22-45)46-30-55-49(58(46)4)33-59-23-9-10-24-59;/h6-8,11-22,29-30,35,40-41,44H,9-10,23-28,31-34H2,1-5H3;1H/t35-,40+,41-,44+;/m0./s1. The number of rotatable bonds is 13. The maximum atomic E-state index is 14.9. The van der Waals surface area contributed by atoms with Gasteiger partial charge < -0.3 is 28.7 Å². The summed E-state index contributed by atoms with van der Waals surface area (Å²) in [6.45, 7) is 4.82. The van der Waals surface area contributed by atoms with Gasteiger partial charge in [-0.05, 0) is 105 Å². The summed E-state index contributed by atoms with van der Waals surface area (Å²) in [6, 6.07) is 28.5. The van der Waals surface area contributed by atoms with E-state index in [2.05, 4.69) is 9.47 Å². The molecule has 0 N–H and O–H groups in total. The van der Waals surface area contributed by atoms with Crippen LogP contribution in [0.4, 0.5) is 0 Å². The Labute approximate surface area is 410 Å². The number of halogens is 3. The molecule has 0 saturated carbocycles. The molecule has 0 bridgehead atoms. The van der Waals surface area contributed by atoms with Crippen molar-refractivity contribution in [2.45, 2.75) is 70.6 Å². The molecule has 15 heteroatoms. The van der Waals surface area contributed by atoms with Crippen LogP contribution in [0.15, 0.2) is 103 Å². The number of benzene rings is 4. The van der Waals surface area contributed by atoms with Gasteiger partial charge in [0.2, 0.25) is 17.7 Å². The highest BCUT2D eigenvalue weighted by Gasteiger charge is 2.37. The first-order valence-corrected chi connectivity index (χ1v) is 23.4. The normalized spacial score (nSPS) is 20.3. The fourth-order valence-electron chi connectivity index (χ4n) is 9.08. The van der Waals surface area contributed by atoms with Crippen molar-refractivity contribution < 1.29 is 28.7 Å². The first kappa shape index (κ1) is 51.2. The van der Waals surface area contributed by atoms with Crippen LogP contribution >= 0.6 is 35.6 Å². The smallest absolute Gasteiger partial charge is 0.228 e. The van der Waals surface area contributed by atoms with E-state index in [0.29, 0.717) is 39.9 Å². The van der Waals surface area contributed by atoms with Crippen molar-refractivity contribution in [3.8, 4) is 22.8 Å². The fourth-order valence-corrected chi connectivity index (χ4v) is 9.37. The van der Waals surface area contributed by atoms with Crippen LogP contribution in [-0.2, 0) is 56.9 Å². The number of likely N-dealkylation sites (N-methyl/N-ethyl adjacent to an activating group) is 2. The van der Waals surface area contributed by atoms with Crippen molar-refractivity contribution in [3.63, 3.8) is 0 Å². The molecular formula is C52H61Cl3N6O6. The molecule has 2 aliphatic heterocycles. The number of nitrogens with zero attached hydrogens (tertiary/aromatic N) is 6. The first-order chi connectivity index (χ1) is 31.8. The van der Waals surface area contributed by atoms with E-state index in [1.54, 1.807) is 61.2 Å². The number of imidazole rings is 1. The molecule has 0 spiro atoms. The minimum atomic E-state index is -0.981. The molecule has 4 atom stereocenters. The highest BCUT2D eigenvalue weighted by atomic mass is 35.5. The second kappa shape index (κ2) is 23.7. The van der Waals surface area contributed by atoms with Crippen LogP contribution in [0.1, 0.15) is 55.1 Å². The average Bonchev–Trinajstić information content (AvgIpc) is 3.97. The minimum absolute atomic E-state index is 0. The van der Waals surface area contributed by atoms with Crippen molar-refractivity contribution >= 4 is 59.1 Å². The number of carbonyl (C=O) groups is 4. The van der Waals surface area contributed by atoms with Gasteiger partial charge in [0.25, 0.3) is 0 Å². The summed E-state index contributed by atoms with van der Waals surface area (Å²) in [5.41, 5.74) is 4.41. The van der Waals surface area contributed by atoms with Gasteiger partial charge in [0, 0.05) is 68.8 Å². The predicted octanol–water partition coefficient (Wildman–Crippen LogP) is 8.93. The molecule has 12 nitrogen and oxygen atoms in total. The second-order valence-electron chi connectivity index (χ2n) is 17.7. The van der Waals surface area contributed by atoms with Crippen molar-refractivity contribution in [3.05, 3.63) is 136 Å². The molecule has 0 radical (unpaired) electrons. The Morgan fingerprint density at radius 1 is 0.746 bits per heavy atom. The number of hydrogen-bond acceptors (Lipinski definition) is 8. The third kappa shape index (κ3) is 13.1. The lowest BCUT2D eigenvalue weighted by Crippen LogP contribution is -2.52. The molecule has 0 unspecified atom stereocenters. The van der Waals surface area contributed by atoms with Crippen LogP contribution in [-0.4, -0.2) is 112 Å². The van der Waals surface area contributed by atoms with Crippen molar-refractivity contribution in [2.75, 3.05) is 47.4 Å². The summed E-state index contributed by atoms with van der Waals surface area (Å²) >= 11 is 12.8. The zero-order valence-corrected chi connectivity index (χ0v) is 41.2. The zero-order valence-electron chi connectivity index (χ0n) is 38.9. The highest BCUT2D eigenvalue weighted by molar-refractivity contribution is 6.31. The van der Waals surface area contributed by atoms with Crippen molar-refractivity contribution in [1.82, 2.24) is 29.2 Å². The lowest BCUT2D eigenvalue weighted by atomic mass is 9.91. The van der Waals surface area contributed by atoms with E-state index in [9.17, 15) is 19.2 Å². The zero-order chi connectivity index (χ0) is 46.9. The summed E-state index contributed by atoms with van der Waals surface area (Å²) in [7, 11) is 6.96. The van der Waals surface area contributed by atoms with Gasteiger partial charge in [-0.15, -0.1) is 12.4 Å². The Bertz CT molecular complexity index is 2460. The Morgan fingerprint density at radius 3 is 2.10 bits per heavy atom. The third-order valence-corrected chi connectivity index (χ3v) is 13.5. The highest BCUT2D eigenvalue weighted by Crippen LogP contribution is 2.33. The molecule has 356 valence electrons. The lowest BCUT2D eigenvalue weighted by Gasteiger charge is -2.37. The van der Waals surface area contributed by atoms with Crippen LogP contribution in [0.5, 0.6) is 11.5 Å². The molecule has 3 amide bonds. The van der Waals surface area contributed by atoms with E-state index in [1.807, 2.05) is 80.0 Å². The van der Waals surface area contributed by atoms with Gasteiger partial charge in [-0.3, -0.25) is 24.1 Å². The molecule has 1 aromatic heterocycles. The van der Waals surface area contributed by atoms with Crippen molar-refractivity contribution in [2.24, 2.45) is 18.9 Å². The number of amides is 3. The monoisotopic (exact) mass is 970 g/mol. The van der Waals surface area contributed by atoms with E-state index in [0.717, 1.165) is 47.8 Å². The van der Waals surface area contributed by atoms with Gasteiger partial charge >= 0.3 is 0 Å². The number of ether oxygens (including phenoxy) is 2. The van der Waals surface area contributed by atoms with Crippen molar-refractivity contribution in [1.29, 1.82) is 0 Å². The quantitative estimate of drug-likeness (QED) is 0.115. The summed E-state index contributed by atoms with van der Waals surface area (Å²) < 4.78 is 14.2. The lowest BCUT2D eigenvalue weighted by molar-refractivity contribution is -0.148. The fraction of sp³-hybridized carbons (Fsp3) is 0.404. The van der Waals surface area contributed by atoms with Gasteiger partial charge in [-0.1, -0.05) is 71.7 Å². The average molecular weight is 972 g/mol. The molecule has 0 aliphatic carbocycles. The molecule has 5 aromatic rings. The SMILES string of the molecule is COC[C@@H]1CC(=O)[C@H](C)N(Cc2ccc(Cl)cc2Oc2ccc(-c3cnc(CN4CCCC4)n3C)cc2)C(=O)C[C@@H](Cc2ccccc2)C(=O)N(C)C[C@@H](Cc2ccc(Cl)cc2)N(C)C1=O.Cl. The molecule has 4 aromatic carbocycles. The van der Waals surface area contributed by atoms with Crippen LogP contribution in [0, 0.1) is 11.8 Å². The predicted molar refractivity (Wildman–Crippen MR) is 265 cm³/mol. The molecule has 3 heterocycles. The van der Waals surface area contributed by atoms with Crippen LogP contribution in [0.3, 0.4) is 0 Å². The number of likely N-dealkylation sites (tertiary alicyclic amines) is 1. The van der Waals surface area contributed by atoms with Crippen LogP contribution in [0.25, 0.3) is 11.3 Å². The topological polar surface area (TPSA) is 118 Å². The Balaban J connectivity index is 0.00000741. The van der Waals surface area contributed by atoms with E-state index >= 15 is 0 Å². The van der Waals surface area contributed by atoms with Gasteiger partial charge in [0.1, 0.15) is 17.3 Å². The Kier molecular flexibility index (Phi) is 18.1. The van der Waals surface area contributed by atoms with E-state index in [4.69, 9.17) is 37.7 Å². The molecule has 67 heavy (non-hydrogen) atoms.